The summed E-state index contributed by atoms with van der Waals surface area (Å²) in [5.41, 5.74) is 10.5. The highest BCUT2D eigenvalue weighted by Gasteiger charge is 2.50. The van der Waals surface area contributed by atoms with E-state index in [2.05, 4.69) is 15.4 Å². The van der Waals surface area contributed by atoms with Crippen LogP contribution in [0.4, 0.5) is 14.5 Å². The van der Waals surface area contributed by atoms with Gasteiger partial charge in [0.25, 0.3) is 5.91 Å². The molecule has 2 amide bonds. The first-order valence-electron chi connectivity index (χ1n) is 14.6. The van der Waals surface area contributed by atoms with Crippen LogP contribution in [-0.4, -0.2) is 64.5 Å². The lowest BCUT2D eigenvalue weighted by Gasteiger charge is -2.30. The van der Waals surface area contributed by atoms with Gasteiger partial charge < -0.3 is 31.4 Å². The molecule has 6 N–H and O–H groups in total. The van der Waals surface area contributed by atoms with Crippen molar-refractivity contribution in [1.29, 1.82) is 0 Å². The molecule has 240 valence electrons. The molecule has 0 saturated heterocycles. The molecule has 1 unspecified atom stereocenters. The molecule has 0 radical (unpaired) electrons. The molecule has 0 spiro atoms. The number of nitrogens with two attached hydrogens (primary N) is 2. The van der Waals surface area contributed by atoms with Crippen LogP contribution in [0.3, 0.4) is 0 Å². The molecular formula is C32H33F2N7O5. The standard InChI is InChI=1S/C32H33F2N7O5/c1-16(33)37-12-18-9-17(10-24(45-3)26(18)35)29(42)38-14-32(44,19-7-8-19)25-11-21-27(46-15-31(21,2)30(36)43)28(40-25)41-23-6-4-5-22(34)20(23)13-39-41/h4-6,9-13,16,19,44H,7-8,14-15,35H2,1-3H3,(H2,36,43)(H,38,42)/b37-12+/t16?,31-,32+/m0/s1. The number of hydrogen-bond donors (Lipinski definition) is 4. The fourth-order valence-corrected chi connectivity index (χ4v) is 5.68. The number of primary amides is 1. The molecule has 14 heteroatoms. The predicted molar refractivity (Wildman–Crippen MR) is 165 cm³/mol. The molecule has 3 atom stereocenters. The lowest BCUT2D eigenvalue weighted by molar-refractivity contribution is -0.123. The zero-order valence-corrected chi connectivity index (χ0v) is 25.4. The number of carbonyl (C=O) groups is 2. The summed E-state index contributed by atoms with van der Waals surface area (Å²) in [5.74, 6) is -1.42. The van der Waals surface area contributed by atoms with Gasteiger partial charge in [0.05, 0.1) is 42.1 Å². The molecule has 3 heterocycles. The van der Waals surface area contributed by atoms with E-state index in [1.54, 1.807) is 19.1 Å². The van der Waals surface area contributed by atoms with Gasteiger partial charge in [0.1, 0.15) is 29.2 Å². The number of benzene rings is 2. The second-order valence-corrected chi connectivity index (χ2v) is 11.8. The minimum Gasteiger partial charge on any atom is -0.495 e. The number of rotatable bonds is 10. The number of alkyl halides is 1. The number of pyridine rings is 1. The third kappa shape index (κ3) is 5.17. The number of methoxy groups -OCH3 is 1. The Morgan fingerprint density at radius 2 is 2.11 bits per heavy atom. The van der Waals surface area contributed by atoms with E-state index in [1.165, 1.54) is 55.4 Å². The first-order valence-corrected chi connectivity index (χ1v) is 14.6. The number of aromatic nitrogens is 3. The number of nitrogen functional groups attached to an aromatic ring is 1. The van der Waals surface area contributed by atoms with Crippen LogP contribution in [0.2, 0.25) is 0 Å². The fourth-order valence-electron chi connectivity index (χ4n) is 5.68. The zero-order chi connectivity index (χ0) is 33.0. The number of amides is 2. The number of halogens is 2. The average molecular weight is 634 g/mol. The highest BCUT2D eigenvalue weighted by molar-refractivity contribution is 5.99. The summed E-state index contributed by atoms with van der Waals surface area (Å²) >= 11 is 0. The van der Waals surface area contributed by atoms with Crippen LogP contribution in [0.25, 0.3) is 16.7 Å². The first kappa shape index (κ1) is 30.9. The molecule has 2 aliphatic rings. The Morgan fingerprint density at radius 3 is 2.78 bits per heavy atom. The second-order valence-electron chi connectivity index (χ2n) is 11.8. The molecule has 46 heavy (non-hydrogen) atoms. The summed E-state index contributed by atoms with van der Waals surface area (Å²) in [6.07, 6.45) is 2.39. The van der Waals surface area contributed by atoms with Crippen molar-refractivity contribution in [2.24, 2.45) is 16.6 Å². The lowest BCUT2D eigenvalue weighted by atomic mass is 9.82. The normalized spacial score (nSPS) is 19.4. The first-order chi connectivity index (χ1) is 21.9. The number of carbonyl (C=O) groups excluding carboxylic acids is 2. The van der Waals surface area contributed by atoms with Gasteiger partial charge in [-0.15, -0.1) is 0 Å². The molecule has 6 rings (SSSR count). The minimum absolute atomic E-state index is 0.0756. The summed E-state index contributed by atoms with van der Waals surface area (Å²) in [4.78, 5) is 34.6. The Kier molecular flexibility index (Phi) is 7.63. The van der Waals surface area contributed by atoms with Crippen molar-refractivity contribution in [1.82, 2.24) is 20.1 Å². The van der Waals surface area contributed by atoms with Crippen LogP contribution in [0, 0.1) is 11.7 Å². The van der Waals surface area contributed by atoms with E-state index in [1.807, 2.05) is 0 Å². The van der Waals surface area contributed by atoms with Crippen molar-refractivity contribution >= 4 is 34.6 Å². The number of aliphatic imine (C=N–C) groups is 1. The third-order valence-corrected chi connectivity index (χ3v) is 8.65. The highest BCUT2D eigenvalue weighted by atomic mass is 19.1. The number of hydrogen-bond acceptors (Lipinski definition) is 9. The summed E-state index contributed by atoms with van der Waals surface area (Å²) in [7, 11) is 1.38. The van der Waals surface area contributed by atoms with E-state index in [0.717, 1.165) is 0 Å². The van der Waals surface area contributed by atoms with Crippen LogP contribution in [-0.2, 0) is 15.8 Å². The largest absolute Gasteiger partial charge is 0.495 e. The van der Waals surface area contributed by atoms with Crippen LogP contribution >= 0.6 is 0 Å². The fraction of sp³-hybridized carbons (Fsp3) is 0.344. The molecule has 12 nitrogen and oxygen atoms in total. The van der Waals surface area contributed by atoms with Gasteiger partial charge in [-0.2, -0.15) is 5.10 Å². The van der Waals surface area contributed by atoms with Crippen molar-refractivity contribution in [3.63, 3.8) is 0 Å². The van der Waals surface area contributed by atoms with E-state index < -0.39 is 34.9 Å². The molecule has 0 bridgehead atoms. The van der Waals surface area contributed by atoms with E-state index in [-0.39, 0.29) is 64.3 Å². The Labute approximate surface area is 262 Å². The van der Waals surface area contributed by atoms with Gasteiger partial charge >= 0.3 is 0 Å². The van der Waals surface area contributed by atoms with Crippen molar-refractivity contribution in [3.05, 3.63) is 70.8 Å². The van der Waals surface area contributed by atoms with Gasteiger partial charge in [0, 0.05) is 22.9 Å². The third-order valence-electron chi connectivity index (χ3n) is 8.65. The maximum Gasteiger partial charge on any atom is 0.251 e. The number of fused-ring (bicyclic) bond motifs is 2. The Morgan fingerprint density at radius 1 is 1.35 bits per heavy atom. The van der Waals surface area contributed by atoms with Gasteiger partial charge in [-0.3, -0.25) is 14.6 Å². The van der Waals surface area contributed by atoms with Gasteiger partial charge in [-0.25, -0.2) is 18.4 Å². The molecule has 1 aliphatic carbocycles. The second kappa shape index (κ2) is 11.4. The number of nitrogens with one attached hydrogen (secondary N) is 1. The molecular weight excluding hydrogens is 600 g/mol. The summed E-state index contributed by atoms with van der Waals surface area (Å²) in [6, 6.07) is 8.96. The van der Waals surface area contributed by atoms with E-state index >= 15 is 0 Å². The summed E-state index contributed by atoms with van der Waals surface area (Å²) in [5, 5.41) is 19.6. The summed E-state index contributed by atoms with van der Waals surface area (Å²) < 4.78 is 40.7. The Balaban J connectivity index is 1.42. The molecule has 1 aliphatic heterocycles. The lowest BCUT2D eigenvalue weighted by Crippen LogP contribution is -2.44. The molecule has 2 aromatic heterocycles. The zero-order valence-electron chi connectivity index (χ0n) is 25.4. The number of aliphatic hydroxyl groups is 1. The van der Waals surface area contributed by atoms with Gasteiger partial charge in [0.2, 0.25) is 5.91 Å². The van der Waals surface area contributed by atoms with E-state index in [9.17, 15) is 23.5 Å². The number of anilines is 1. The topological polar surface area (TPSA) is 180 Å². The monoisotopic (exact) mass is 633 g/mol. The van der Waals surface area contributed by atoms with Crippen molar-refractivity contribution in [2.45, 2.75) is 44.0 Å². The van der Waals surface area contributed by atoms with Gasteiger partial charge in [-0.05, 0) is 62.9 Å². The minimum atomic E-state index is -1.69. The molecule has 1 saturated carbocycles. The summed E-state index contributed by atoms with van der Waals surface area (Å²) in [6.45, 7) is 2.55. The van der Waals surface area contributed by atoms with Crippen molar-refractivity contribution < 1.29 is 33.0 Å². The highest BCUT2D eigenvalue weighted by Crippen LogP contribution is 2.49. The Hall–Kier alpha value is -5.11. The van der Waals surface area contributed by atoms with Crippen LogP contribution in [0.15, 0.2) is 47.6 Å². The smallest absolute Gasteiger partial charge is 0.251 e. The predicted octanol–water partition coefficient (Wildman–Crippen LogP) is 3.05. The van der Waals surface area contributed by atoms with E-state index in [4.69, 9.17) is 25.9 Å². The molecule has 1 fully saturated rings. The van der Waals surface area contributed by atoms with Gasteiger partial charge in [0.15, 0.2) is 17.9 Å². The quantitative estimate of drug-likeness (QED) is 0.117. The maximum atomic E-state index is 14.6. The van der Waals surface area contributed by atoms with Crippen molar-refractivity contribution in [2.75, 3.05) is 26.0 Å². The molecule has 4 aromatic rings. The van der Waals surface area contributed by atoms with Crippen LogP contribution < -0.4 is 26.3 Å². The molecule has 2 aromatic carbocycles. The number of nitrogens with zero attached hydrogens (tertiary/aromatic N) is 4. The average Bonchev–Trinajstić information content (AvgIpc) is 3.71. The maximum absolute atomic E-state index is 14.6. The Bertz CT molecular complexity index is 1910. The van der Waals surface area contributed by atoms with Gasteiger partial charge in [-0.1, -0.05) is 6.07 Å². The van der Waals surface area contributed by atoms with Crippen LogP contribution in [0.1, 0.15) is 53.9 Å². The number of ether oxygens (including phenoxy) is 2. The van der Waals surface area contributed by atoms with Crippen molar-refractivity contribution in [3.8, 4) is 17.3 Å². The van der Waals surface area contributed by atoms with E-state index in [0.29, 0.717) is 23.9 Å². The van der Waals surface area contributed by atoms with Crippen LogP contribution in [0.5, 0.6) is 11.5 Å². The SMILES string of the molecule is COc1cc(C(=O)NC[C@](O)(c2cc3c(c(-n4ncc5c(F)cccc54)n2)OC[C@]3(C)C(N)=O)C2CC2)cc(/C=N/C(C)F)c1N.